The Bertz CT molecular complexity index is 737. The zero-order valence-electron chi connectivity index (χ0n) is 13.1. The fraction of sp³-hybridized carbons (Fsp3) is 0.250. The molecule has 0 spiro atoms. The van der Waals surface area contributed by atoms with Crippen LogP contribution in [0.1, 0.15) is 39.9 Å². The van der Waals surface area contributed by atoms with Gasteiger partial charge >= 0.3 is 5.97 Å². The molecule has 2 rings (SSSR count). The number of carboxylic acids is 1. The van der Waals surface area contributed by atoms with Gasteiger partial charge in [-0.05, 0) is 36.8 Å². The van der Waals surface area contributed by atoms with Gasteiger partial charge in [-0.3, -0.25) is 19.5 Å². The molecule has 126 valence electrons. The summed E-state index contributed by atoms with van der Waals surface area (Å²) < 4.78 is 0. The van der Waals surface area contributed by atoms with Gasteiger partial charge in [0.1, 0.15) is 0 Å². The molecule has 8 heteroatoms. The highest BCUT2D eigenvalue weighted by molar-refractivity contribution is 6.03. The lowest BCUT2D eigenvalue weighted by atomic mass is 10.2. The number of hydrogen-bond donors (Lipinski definition) is 4. The van der Waals surface area contributed by atoms with E-state index in [4.69, 9.17) is 5.11 Å². The lowest BCUT2D eigenvalue weighted by molar-refractivity contribution is -0.136. The number of benzene rings is 1. The third kappa shape index (κ3) is 4.67. The molecule has 24 heavy (non-hydrogen) atoms. The number of hydrogen-bond acceptors (Lipinski definition) is 4. The average molecular weight is 330 g/mol. The normalized spacial score (nSPS) is 10.2. The van der Waals surface area contributed by atoms with Crippen molar-refractivity contribution in [3.8, 4) is 0 Å². The van der Waals surface area contributed by atoms with Crippen molar-refractivity contribution in [3.05, 3.63) is 47.3 Å². The molecule has 1 heterocycles. The van der Waals surface area contributed by atoms with Crippen LogP contribution in [0.25, 0.3) is 0 Å². The van der Waals surface area contributed by atoms with Gasteiger partial charge in [0.05, 0.1) is 6.42 Å². The summed E-state index contributed by atoms with van der Waals surface area (Å²) in [6, 6.07) is 7.97. The number of aromatic amines is 1. The third-order valence-electron chi connectivity index (χ3n) is 3.27. The van der Waals surface area contributed by atoms with E-state index in [9.17, 15) is 14.4 Å². The molecule has 0 saturated heterocycles. The van der Waals surface area contributed by atoms with Crippen LogP contribution in [0.5, 0.6) is 0 Å². The fourth-order valence-electron chi connectivity index (χ4n) is 1.94. The number of anilines is 1. The number of amides is 2. The van der Waals surface area contributed by atoms with E-state index in [1.54, 1.807) is 30.3 Å². The van der Waals surface area contributed by atoms with Crippen LogP contribution in [0, 0.1) is 0 Å². The Balaban J connectivity index is 1.92. The summed E-state index contributed by atoms with van der Waals surface area (Å²) in [7, 11) is 0. The van der Waals surface area contributed by atoms with Gasteiger partial charge in [0.15, 0.2) is 5.69 Å². The quantitative estimate of drug-likeness (QED) is 0.611. The number of aliphatic carboxylic acids is 1. The van der Waals surface area contributed by atoms with E-state index in [1.165, 1.54) is 0 Å². The zero-order valence-corrected chi connectivity index (χ0v) is 13.1. The average Bonchev–Trinajstić information content (AvgIpc) is 3.04. The van der Waals surface area contributed by atoms with E-state index >= 15 is 0 Å². The molecule has 0 aliphatic rings. The second kappa shape index (κ2) is 7.91. The van der Waals surface area contributed by atoms with Gasteiger partial charge in [0.2, 0.25) is 0 Å². The van der Waals surface area contributed by atoms with Crippen LogP contribution in [0.4, 0.5) is 5.69 Å². The van der Waals surface area contributed by atoms with E-state index in [2.05, 4.69) is 20.8 Å². The largest absolute Gasteiger partial charge is 0.481 e. The highest BCUT2D eigenvalue weighted by Gasteiger charge is 2.11. The van der Waals surface area contributed by atoms with Crippen molar-refractivity contribution in [2.24, 2.45) is 0 Å². The Kier molecular flexibility index (Phi) is 5.67. The van der Waals surface area contributed by atoms with Gasteiger partial charge < -0.3 is 15.7 Å². The Labute approximate surface area is 138 Å². The summed E-state index contributed by atoms with van der Waals surface area (Å²) in [4.78, 5) is 34.3. The predicted molar refractivity (Wildman–Crippen MR) is 86.9 cm³/mol. The highest BCUT2D eigenvalue weighted by Crippen LogP contribution is 2.11. The number of H-pyrrole nitrogens is 1. The molecule has 0 saturated carbocycles. The third-order valence-corrected chi connectivity index (χ3v) is 3.27. The number of carbonyl (C=O) groups excluding carboxylic acids is 2. The predicted octanol–water partition coefficient (Wildman–Crippen LogP) is 1.43. The van der Waals surface area contributed by atoms with E-state index < -0.39 is 5.97 Å². The minimum Gasteiger partial charge on any atom is -0.481 e. The molecule has 2 amide bonds. The van der Waals surface area contributed by atoms with Crippen molar-refractivity contribution in [2.75, 3.05) is 11.9 Å². The van der Waals surface area contributed by atoms with Crippen molar-refractivity contribution in [1.29, 1.82) is 0 Å². The number of carboxylic acid groups (broad SMARTS) is 1. The first-order valence-electron chi connectivity index (χ1n) is 7.45. The molecule has 1 aromatic heterocycles. The molecule has 0 aliphatic heterocycles. The van der Waals surface area contributed by atoms with Crippen molar-refractivity contribution < 1.29 is 19.5 Å². The Morgan fingerprint density at radius 1 is 1.17 bits per heavy atom. The molecule has 0 radical (unpaired) electrons. The summed E-state index contributed by atoms with van der Waals surface area (Å²) in [6.07, 6.45) is 0.620. The van der Waals surface area contributed by atoms with Crippen LogP contribution in [0.3, 0.4) is 0 Å². The van der Waals surface area contributed by atoms with Crippen molar-refractivity contribution in [2.45, 2.75) is 19.8 Å². The van der Waals surface area contributed by atoms with Gasteiger partial charge in [-0.2, -0.15) is 5.10 Å². The molecule has 0 fully saturated rings. The number of aromatic nitrogens is 2. The maximum Gasteiger partial charge on any atom is 0.305 e. The Morgan fingerprint density at radius 2 is 1.88 bits per heavy atom. The number of rotatable bonds is 7. The van der Waals surface area contributed by atoms with Gasteiger partial charge in [-0.15, -0.1) is 0 Å². The number of nitrogens with zero attached hydrogens (tertiary/aromatic N) is 1. The van der Waals surface area contributed by atoms with Crippen LogP contribution < -0.4 is 10.6 Å². The molecule has 0 aliphatic carbocycles. The first kappa shape index (κ1) is 17.2. The summed E-state index contributed by atoms with van der Waals surface area (Å²) in [5.41, 5.74) is 2.07. The molecule has 0 atom stereocenters. The molecule has 2 aromatic rings. The van der Waals surface area contributed by atoms with Crippen molar-refractivity contribution in [1.82, 2.24) is 15.5 Å². The van der Waals surface area contributed by atoms with Crippen LogP contribution in [-0.4, -0.2) is 39.6 Å². The molecule has 4 N–H and O–H groups in total. The van der Waals surface area contributed by atoms with Gasteiger partial charge in [0, 0.05) is 23.5 Å². The summed E-state index contributed by atoms with van der Waals surface area (Å²) in [5.74, 6) is -1.68. The lowest BCUT2D eigenvalue weighted by Crippen LogP contribution is -2.25. The first-order chi connectivity index (χ1) is 11.5. The lowest BCUT2D eigenvalue weighted by Gasteiger charge is -2.06. The number of nitrogens with one attached hydrogen (secondary N) is 3. The highest BCUT2D eigenvalue weighted by atomic mass is 16.4. The minimum atomic E-state index is -0.974. The van der Waals surface area contributed by atoms with Gasteiger partial charge in [-0.1, -0.05) is 6.92 Å². The van der Waals surface area contributed by atoms with Crippen LogP contribution >= 0.6 is 0 Å². The molecular weight excluding hydrogens is 312 g/mol. The summed E-state index contributed by atoms with van der Waals surface area (Å²) >= 11 is 0. The smallest absolute Gasteiger partial charge is 0.305 e. The van der Waals surface area contributed by atoms with Crippen LogP contribution in [0.2, 0.25) is 0 Å². The molecule has 8 nitrogen and oxygen atoms in total. The standard InChI is InChI=1S/C16H18N4O4/c1-2-11-9-13(20-19-11)16(24)18-12-5-3-10(4-6-12)15(23)17-8-7-14(21)22/h3-6,9H,2,7-8H2,1H3,(H,17,23)(H,18,24)(H,19,20)(H,21,22). The zero-order chi connectivity index (χ0) is 17.5. The van der Waals surface area contributed by atoms with Gasteiger partial charge in [-0.25, -0.2) is 0 Å². The minimum absolute atomic E-state index is 0.0611. The van der Waals surface area contributed by atoms with E-state index in [-0.39, 0.29) is 24.8 Å². The maximum atomic E-state index is 12.0. The molecular formula is C16H18N4O4. The van der Waals surface area contributed by atoms with E-state index in [1.807, 2.05) is 6.92 Å². The molecule has 0 bridgehead atoms. The Morgan fingerprint density at radius 3 is 2.46 bits per heavy atom. The second-order valence-corrected chi connectivity index (χ2v) is 5.06. The first-order valence-corrected chi connectivity index (χ1v) is 7.45. The maximum absolute atomic E-state index is 12.0. The van der Waals surface area contributed by atoms with Crippen molar-refractivity contribution >= 4 is 23.5 Å². The van der Waals surface area contributed by atoms with E-state index in [0.717, 1.165) is 12.1 Å². The van der Waals surface area contributed by atoms with Crippen LogP contribution in [-0.2, 0) is 11.2 Å². The molecule has 1 aromatic carbocycles. The fourth-order valence-corrected chi connectivity index (χ4v) is 1.94. The van der Waals surface area contributed by atoms with Gasteiger partial charge in [0.25, 0.3) is 11.8 Å². The van der Waals surface area contributed by atoms with E-state index in [0.29, 0.717) is 16.9 Å². The summed E-state index contributed by atoms with van der Waals surface area (Å²) in [6.45, 7) is 2.01. The molecule has 0 unspecified atom stereocenters. The number of aryl methyl sites for hydroxylation is 1. The SMILES string of the molecule is CCc1cc(C(=O)Nc2ccc(C(=O)NCCC(=O)O)cc2)n[nH]1. The summed E-state index contributed by atoms with van der Waals surface area (Å²) in [5, 5.41) is 20.4. The topological polar surface area (TPSA) is 124 Å². The number of carbonyl (C=O) groups is 3. The van der Waals surface area contributed by atoms with Crippen LogP contribution in [0.15, 0.2) is 30.3 Å². The second-order valence-electron chi connectivity index (χ2n) is 5.06. The monoisotopic (exact) mass is 330 g/mol. The Hall–Kier alpha value is -3.16. The van der Waals surface area contributed by atoms with Crippen molar-refractivity contribution in [3.63, 3.8) is 0 Å².